The predicted molar refractivity (Wildman–Crippen MR) is 125 cm³/mol. The highest BCUT2D eigenvalue weighted by molar-refractivity contribution is 7.89. The van der Waals surface area contributed by atoms with Crippen molar-refractivity contribution in [3.63, 3.8) is 0 Å². The summed E-state index contributed by atoms with van der Waals surface area (Å²) in [4.78, 5) is 14.3. The van der Waals surface area contributed by atoms with E-state index in [4.69, 9.17) is 16.3 Å². The lowest BCUT2D eigenvalue weighted by Crippen LogP contribution is -2.34. The van der Waals surface area contributed by atoms with E-state index in [9.17, 15) is 13.2 Å². The van der Waals surface area contributed by atoms with Gasteiger partial charge in [-0.1, -0.05) is 41.9 Å². The standard InChI is InChI=1S/C23H25ClN4O4S/c1-23(8-9-23)26-33(30,31)18-11-20(24)19-13-25-28(21(19)12-18)17-7-10-27(14-17)22(29)32-15-16-5-3-2-4-6-16/h2-6,11-13,17,26H,7-10,14-15H2,1H3. The minimum absolute atomic E-state index is 0.102. The maximum Gasteiger partial charge on any atom is 0.410 e. The topological polar surface area (TPSA) is 93.5 Å². The second-order valence-corrected chi connectivity index (χ2v) is 11.1. The first-order valence-electron chi connectivity index (χ1n) is 10.9. The molecule has 1 N–H and O–H groups in total. The van der Waals surface area contributed by atoms with Gasteiger partial charge in [-0.3, -0.25) is 4.68 Å². The number of amides is 1. The minimum Gasteiger partial charge on any atom is -0.445 e. The summed E-state index contributed by atoms with van der Waals surface area (Å²) in [6.07, 6.45) is 3.58. The van der Waals surface area contributed by atoms with E-state index < -0.39 is 10.0 Å². The molecule has 1 saturated heterocycles. The highest BCUT2D eigenvalue weighted by Gasteiger charge is 2.41. The molecule has 0 spiro atoms. The Morgan fingerprint density at radius 2 is 2.03 bits per heavy atom. The molecule has 1 aliphatic heterocycles. The zero-order valence-corrected chi connectivity index (χ0v) is 19.8. The van der Waals surface area contributed by atoms with Gasteiger partial charge in [-0.25, -0.2) is 17.9 Å². The number of carbonyl (C=O) groups is 1. The Morgan fingerprint density at radius 3 is 2.76 bits per heavy atom. The monoisotopic (exact) mass is 488 g/mol. The number of nitrogens with zero attached hydrogens (tertiary/aromatic N) is 3. The number of rotatable bonds is 6. The van der Waals surface area contributed by atoms with Crippen LogP contribution in [0.1, 0.15) is 37.8 Å². The van der Waals surface area contributed by atoms with Gasteiger partial charge in [0, 0.05) is 24.0 Å². The van der Waals surface area contributed by atoms with Gasteiger partial charge in [0.05, 0.1) is 27.7 Å². The van der Waals surface area contributed by atoms with E-state index in [0.717, 1.165) is 18.4 Å². The van der Waals surface area contributed by atoms with Crippen LogP contribution < -0.4 is 4.72 Å². The molecule has 10 heteroatoms. The largest absolute Gasteiger partial charge is 0.445 e. The number of aromatic nitrogens is 2. The number of hydrogen-bond acceptors (Lipinski definition) is 5. The van der Waals surface area contributed by atoms with Gasteiger partial charge in [-0.15, -0.1) is 0 Å². The quantitative estimate of drug-likeness (QED) is 0.563. The maximum atomic E-state index is 12.9. The Morgan fingerprint density at radius 1 is 1.27 bits per heavy atom. The highest BCUT2D eigenvalue weighted by atomic mass is 35.5. The van der Waals surface area contributed by atoms with Crippen LogP contribution in [0.4, 0.5) is 4.79 Å². The van der Waals surface area contributed by atoms with Crippen molar-refractivity contribution in [2.45, 2.75) is 49.3 Å². The Kier molecular flexibility index (Phi) is 5.58. The molecule has 3 aromatic rings. The van der Waals surface area contributed by atoms with Gasteiger partial charge in [0.25, 0.3) is 0 Å². The lowest BCUT2D eigenvalue weighted by Gasteiger charge is -2.17. The summed E-state index contributed by atoms with van der Waals surface area (Å²) in [7, 11) is -3.71. The van der Waals surface area contributed by atoms with Gasteiger partial charge in [0.2, 0.25) is 10.0 Å². The molecular formula is C23H25ClN4O4S. The lowest BCUT2D eigenvalue weighted by atomic mass is 10.2. The summed E-state index contributed by atoms with van der Waals surface area (Å²) in [6, 6.07) is 12.5. The van der Waals surface area contributed by atoms with Crippen LogP contribution in [0, 0.1) is 0 Å². The van der Waals surface area contributed by atoms with Gasteiger partial charge in [0.15, 0.2) is 0 Å². The van der Waals surface area contributed by atoms with Crippen molar-refractivity contribution in [2.75, 3.05) is 13.1 Å². The fraction of sp³-hybridized carbons (Fsp3) is 0.391. The third-order valence-electron chi connectivity index (χ3n) is 6.30. The van der Waals surface area contributed by atoms with Crippen molar-refractivity contribution in [1.82, 2.24) is 19.4 Å². The van der Waals surface area contributed by atoms with E-state index in [1.807, 2.05) is 37.3 Å². The van der Waals surface area contributed by atoms with E-state index >= 15 is 0 Å². The Labute approximate surface area is 197 Å². The first-order chi connectivity index (χ1) is 15.7. The summed E-state index contributed by atoms with van der Waals surface area (Å²) in [6.45, 7) is 3.06. The molecule has 8 nitrogen and oxygen atoms in total. The first-order valence-corrected chi connectivity index (χ1v) is 12.8. The summed E-state index contributed by atoms with van der Waals surface area (Å²) in [5.74, 6) is 0. The Bertz CT molecular complexity index is 1300. The van der Waals surface area contributed by atoms with E-state index in [0.29, 0.717) is 35.4 Å². The van der Waals surface area contributed by atoms with Crippen molar-refractivity contribution in [3.8, 4) is 0 Å². The van der Waals surface area contributed by atoms with Crippen LogP contribution in [0.5, 0.6) is 0 Å². The third kappa shape index (κ3) is 4.58. The summed E-state index contributed by atoms with van der Waals surface area (Å²) >= 11 is 6.42. The molecule has 0 bridgehead atoms. The van der Waals surface area contributed by atoms with E-state index in [-0.39, 0.29) is 29.2 Å². The second kappa shape index (κ2) is 8.30. The average molecular weight is 489 g/mol. The SMILES string of the molecule is CC1(NS(=O)(=O)c2cc(Cl)c3cnn(C4CCN(C(=O)OCc5ccccc5)C4)c3c2)CC1. The molecule has 1 amide bonds. The van der Waals surface area contributed by atoms with E-state index in [1.54, 1.807) is 21.8 Å². The van der Waals surface area contributed by atoms with Crippen molar-refractivity contribution >= 4 is 38.6 Å². The molecule has 2 aliphatic rings. The highest BCUT2D eigenvalue weighted by Crippen LogP contribution is 2.37. The molecule has 0 radical (unpaired) electrons. The summed E-state index contributed by atoms with van der Waals surface area (Å²) in [5, 5.41) is 5.48. The lowest BCUT2D eigenvalue weighted by molar-refractivity contribution is 0.103. The van der Waals surface area contributed by atoms with Crippen molar-refractivity contribution < 1.29 is 17.9 Å². The van der Waals surface area contributed by atoms with E-state index in [2.05, 4.69) is 9.82 Å². The van der Waals surface area contributed by atoms with Crippen LogP contribution in [0.25, 0.3) is 10.9 Å². The van der Waals surface area contributed by atoms with Crippen LogP contribution in [-0.4, -0.2) is 47.8 Å². The number of sulfonamides is 1. The van der Waals surface area contributed by atoms with Crippen molar-refractivity contribution in [3.05, 3.63) is 59.2 Å². The summed E-state index contributed by atoms with van der Waals surface area (Å²) in [5.41, 5.74) is 1.18. The smallest absolute Gasteiger partial charge is 0.410 e. The van der Waals surface area contributed by atoms with Crippen molar-refractivity contribution in [1.29, 1.82) is 0 Å². The number of halogens is 1. The third-order valence-corrected chi connectivity index (χ3v) is 8.23. The molecular weight excluding hydrogens is 464 g/mol. The van der Waals surface area contributed by atoms with Gasteiger partial charge >= 0.3 is 6.09 Å². The molecule has 1 atom stereocenters. The first kappa shape index (κ1) is 22.2. The molecule has 33 heavy (non-hydrogen) atoms. The fourth-order valence-electron chi connectivity index (χ4n) is 4.12. The van der Waals surface area contributed by atoms with Gasteiger partial charge in [0.1, 0.15) is 6.61 Å². The minimum atomic E-state index is -3.71. The number of likely N-dealkylation sites (tertiary alicyclic amines) is 1. The fourth-order valence-corrected chi connectivity index (χ4v) is 5.95. The van der Waals surface area contributed by atoms with Crippen LogP contribution >= 0.6 is 11.6 Å². The molecule has 2 heterocycles. The number of benzene rings is 2. The number of hydrogen-bond donors (Lipinski definition) is 1. The molecule has 174 valence electrons. The zero-order valence-electron chi connectivity index (χ0n) is 18.2. The Hall–Kier alpha value is -2.62. The van der Waals surface area contributed by atoms with Gasteiger partial charge in [-0.2, -0.15) is 5.10 Å². The van der Waals surface area contributed by atoms with Crippen molar-refractivity contribution in [2.24, 2.45) is 0 Å². The van der Waals surface area contributed by atoms with Crippen LogP contribution in [0.15, 0.2) is 53.6 Å². The maximum absolute atomic E-state index is 12.9. The predicted octanol–water partition coefficient (Wildman–Crippen LogP) is 4.10. The second-order valence-electron chi connectivity index (χ2n) is 9.02. The number of fused-ring (bicyclic) bond motifs is 1. The molecule has 1 aliphatic carbocycles. The van der Waals surface area contributed by atoms with Gasteiger partial charge < -0.3 is 9.64 Å². The molecule has 5 rings (SSSR count). The normalized spacial score (nSPS) is 19.7. The van der Waals surface area contributed by atoms with Gasteiger partial charge in [-0.05, 0) is 43.9 Å². The molecule has 1 aromatic heterocycles. The molecule has 1 unspecified atom stereocenters. The molecule has 2 fully saturated rings. The van der Waals surface area contributed by atoms with Crippen LogP contribution in [-0.2, 0) is 21.4 Å². The zero-order chi connectivity index (χ0) is 23.2. The average Bonchev–Trinajstić information content (AvgIpc) is 3.19. The van der Waals surface area contributed by atoms with E-state index in [1.165, 1.54) is 6.07 Å². The Balaban J connectivity index is 1.33. The molecule has 2 aromatic carbocycles. The van der Waals surface area contributed by atoms with Crippen LogP contribution in [0.3, 0.4) is 0 Å². The molecule has 1 saturated carbocycles. The van der Waals surface area contributed by atoms with Crippen LogP contribution in [0.2, 0.25) is 5.02 Å². The number of carbonyl (C=O) groups excluding carboxylic acids is 1. The summed E-state index contributed by atoms with van der Waals surface area (Å²) < 4.78 is 35.8. The number of ether oxygens (including phenoxy) is 1. The number of nitrogens with one attached hydrogen (secondary N) is 1.